The second-order valence-electron chi connectivity index (χ2n) is 6.42. The summed E-state index contributed by atoms with van der Waals surface area (Å²) in [6.07, 6.45) is 6.09. The minimum Gasteiger partial charge on any atom is -0.381 e. The van der Waals surface area contributed by atoms with Crippen molar-refractivity contribution in [3.8, 4) is 0 Å². The Bertz CT molecular complexity index is 905. The standard InChI is InChI=1S/C19H20N6O2/c26-19(18-12-25(24-23-18)11-14-7-10-27-13-14)22-17-4-2-1-3-16(17)21-15-5-8-20-9-6-15/h1-6,8-9,12,14H,7,10-11,13H2,(H,20,21)(H,22,26). The van der Waals surface area contributed by atoms with E-state index in [0.29, 0.717) is 18.2 Å². The summed E-state index contributed by atoms with van der Waals surface area (Å²) in [7, 11) is 0. The molecule has 1 aliphatic heterocycles. The van der Waals surface area contributed by atoms with E-state index in [0.717, 1.165) is 31.0 Å². The van der Waals surface area contributed by atoms with Crippen LogP contribution in [0, 0.1) is 5.92 Å². The van der Waals surface area contributed by atoms with Gasteiger partial charge in [0.05, 0.1) is 24.2 Å². The van der Waals surface area contributed by atoms with E-state index >= 15 is 0 Å². The van der Waals surface area contributed by atoms with Crippen LogP contribution in [0.1, 0.15) is 16.9 Å². The van der Waals surface area contributed by atoms with Crippen molar-refractivity contribution in [1.82, 2.24) is 20.0 Å². The predicted octanol–water partition coefficient (Wildman–Crippen LogP) is 2.71. The minimum absolute atomic E-state index is 0.285. The molecule has 8 heteroatoms. The highest BCUT2D eigenvalue weighted by Gasteiger charge is 2.18. The van der Waals surface area contributed by atoms with Crippen LogP contribution < -0.4 is 10.6 Å². The monoisotopic (exact) mass is 364 g/mol. The molecule has 0 saturated carbocycles. The molecule has 4 rings (SSSR count). The molecule has 27 heavy (non-hydrogen) atoms. The highest BCUT2D eigenvalue weighted by atomic mass is 16.5. The Labute approximate surface area is 156 Å². The average Bonchev–Trinajstić information content (AvgIpc) is 3.37. The molecule has 2 aromatic heterocycles. The van der Waals surface area contributed by atoms with E-state index < -0.39 is 0 Å². The lowest BCUT2D eigenvalue weighted by molar-refractivity contribution is 0.102. The molecule has 3 aromatic rings. The molecule has 0 bridgehead atoms. The number of carbonyl (C=O) groups is 1. The fourth-order valence-electron chi connectivity index (χ4n) is 2.96. The average molecular weight is 364 g/mol. The van der Waals surface area contributed by atoms with E-state index in [1.165, 1.54) is 0 Å². The first kappa shape index (κ1) is 17.2. The van der Waals surface area contributed by atoms with E-state index in [1.807, 2.05) is 36.4 Å². The number of anilines is 3. The molecule has 0 aliphatic carbocycles. The second kappa shape index (κ2) is 7.96. The number of carbonyl (C=O) groups excluding carboxylic acids is 1. The summed E-state index contributed by atoms with van der Waals surface area (Å²) in [6.45, 7) is 2.23. The van der Waals surface area contributed by atoms with Crippen LogP contribution in [0.3, 0.4) is 0 Å². The van der Waals surface area contributed by atoms with Crippen molar-refractivity contribution in [2.24, 2.45) is 5.92 Å². The van der Waals surface area contributed by atoms with Gasteiger partial charge in [0.2, 0.25) is 0 Å². The maximum Gasteiger partial charge on any atom is 0.277 e. The van der Waals surface area contributed by atoms with Gasteiger partial charge < -0.3 is 15.4 Å². The van der Waals surface area contributed by atoms with Gasteiger partial charge in [-0.2, -0.15) is 0 Å². The zero-order valence-corrected chi connectivity index (χ0v) is 14.7. The molecule has 1 saturated heterocycles. The van der Waals surface area contributed by atoms with Crippen LogP contribution in [0.5, 0.6) is 0 Å². The fourth-order valence-corrected chi connectivity index (χ4v) is 2.96. The minimum atomic E-state index is -0.298. The second-order valence-corrected chi connectivity index (χ2v) is 6.42. The van der Waals surface area contributed by atoms with E-state index in [2.05, 4.69) is 25.9 Å². The first-order valence-electron chi connectivity index (χ1n) is 8.83. The molecule has 1 unspecified atom stereocenters. The number of nitrogens with zero attached hydrogens (tertiary/aromatic N) is 4. The third-order valence-electron chi connectivity index (χ3n) is 4.38. The number of aromatic nitrogens is 4. The van der Waals surface area contributed by atoms with Gasteiger partial charge in [-0.15, -0.1) is 5.10 Å². The van der Waals surface area contributed by atoms with Crippen molar-refractivity contribution in [3.63, 3.8) is 0 Å². The summed E-state index contributed by atoms with van der Waals surface area (Å²) in [5, 5.41) is 14.2. The summed E-state index contributed by atoms with van der Waals surface area (Å²) < 4.78 is 7.08. The van der Waals surface area contributed by atoms with Gasteiger partial charge in [0, 0.05) is 37.2 Å². The number of hydrogen-bond acceptors (Lipinski definition) is 6. The molecule has 3 heterocycles. The van der Waals surface area contributed by atoms with Crippen molar-refractivity contribution in [2.45, 2.75) is 13.0 Å². The largest absolute Gasteiger partial charge is 0.381 e. The zero-order valence-electron chi connectivity index (χ0n) is 14.7. The lowest BCUT2D eigenvalue weighted by Gasteiger charge is -2.12. The highest BCUT2D eigenvalue weighted by molar-refractivity contribution is 6.04. The van der Waals surface area contributed by atoms with Crippen molar-refractivity contribution in [1.29, 1.82) is 0 Å². The topological polar surface area (TPSA) is 94.0 Å². The number of pyridine rings is 1. The third kappa shape index (κ3) is 4.29. The number of para-hydroxylation sites is 2. The Balaban J connectivity index is 1.44. The predicted molar refractivity (Wildman–Crippen MR) is 101 cm³/mol. The molecule has 8 nitrogen and oxygen atoms in total. The van der Waals surface area contributed by atoms with E-state index in [-0.39, 0.29) is 11.6 Å². The zero-order chi connectivity index (χ0) is 18.5. The number of benzene rings is 1. The van der Waals surface area contributed by atoms with Gasteiger partial charge >= 0.3 is 0 Å². The quantitative estimate of drug-likeness (QED) is 0.698. The molecule has 138 valence electrons. The number of amides is 1. The molecular formula is C19H20N6O2. The maximum atomic E-state index is 12.6. The molecule has 0 spiro atoms. The summed E-state index contributed by atoms with van der Waals surface area (Å²) in [5.74, 6) is 0.126. The summed E-state index contributed by atoms with van der Waals surface area (Å²) in [6, 6.07) is 11.2. The Kier molecular flexibility index (Phi) is 5.06. The summed E-state index contributed by atoms with van der Waals surface area (Å²) in [4.78, 5) is 16.6. The molecular weight excluding hydrogens is 344 g/mol. The molecule has 1 atom stereocenters. The Morgan fingerprint density at radius 2 is 2.00 bits per heavy atom. The van der Waals surface area contributed by atoms with Crippen molar-refractivity contribution < 1.29 is 9.53 Å². The van der Waals surface area contributed by atoms with Crippen LogP contribution in [-0.2, 0) is 11.3 Å². The van der Waals surface area contributed by atoms with Crippen LogP contribution in [0.15, 0.2) is 55.0 Å². The van der Waals surface area contributed by atoms with Crippen LogP contribution in [-0.4, -0.2) is 39.1 Å². The molecule has 1 amide bonds. The molecule has 2 N–H and O–H groups in total. The van der Waals surface area contributed by atoms with E-state index in [9.17, 15) is 4.79 Å². The van der Waals surface area contributed by atoms with Gasteiger partial charge in [-0.25, -0.2) is 0 Å². The van der Waals surface area contributed by atoms with Gasteiger partial charge in [0.25, 0.3) is 5.91 Å². The Morgan fingerprint density at radius 1 is 1.19 bits per heavy atom. The van der Waals surface area contributed by atoms with Gasteiger partial charge in [-0.3, -0.25) is 14.5 Å². The number of hydrogen-bond donors (Lipinski definition) is 2. The van der Waals surface area contributed by atoms with Crippen LogP contribution in [0.4, 0.5) is 17.1 Å². The van der Waals surface area contributed by atoms with Crippen molar-refractivity contribution in [3.05, 3.63) is 60.7 Å². The maximum absolute atomic E-state index is 12.6. The normalized spacial score (nSPS) is 16.2. The molecule has 0 radical (unpaired) electrons. The first-order valence-corrected chi connectivity index (χ1v) is 8.83. The van der Waals surface area contributed by atoms with Crippen LogP contribution in [0.25, 0.3) is 0 Å². The molecule has 1 aromatic carbocycles. The van der Waals surface area contributed by atoms with Gasteiger partial charge in [0.15, 0.2) is 5.69 Å². The number of rotatable bonds is 6. The number of ether oxygens (including phenoxy) is 1. The van der Waals surface area contributed by atoms with E-state index in [1.54, 1.807) is 23.3 Å². The van der Waals surface area contributed by atoms with Crippen LogP contribution >= 0.6 is 0 Å². The molecule has 1 aliphatic rings. The lowest BCUT2D eigenvalue weighted by Crippen LogP contribution is -2.14. The Morgan fingerprint density at radius 3 is 2.78 bits per heavy atom. The summed E-state index contributed by atoms with van der Waals surface area (Å²) in [5.41, 5.74) is 2.62. The highest BCUT2D eigenvalue weighted by Crippen LogP contribution is 2.25. The van der Waals surface area contributed by atoms with Crippen molar-refractivity contribution >= 4 is 23.0 Å². The lowest BCUT2D eigenvalue weighted by atomic mass is 10.1. The van der Waals surface area contributed by atoms with E-state index in [4.69, 9.17) is 4.74 Å². The number of nitrogens with one attached hydrogen (secondary N) is 2. The van der Waals surface area contributed by atoms with Gasteiger partial charge in [-0.1, -0.05) is 17.3 Å². The first-order chi connectivity index (χ1) is 13.3. The smallest absolute Gasteiger partial charge is 0.277 e. The van der Waals surface area contributed by atoms with Crippen LogP contribution in [0.2, 0.25) is 0 Å². The third-order valence-corrected chi connectivity index (χ3v) is 4.38. The summed E-state index contributed by atoms with van der Waals surface area (Å²) >= 11 is 0. The van der Waals surface area contributed by atoms with Gasteiger partial charge in [0.1, 0.15) is 0 Å². The SMILES string of the molecule is O=C(Nc1ccccc1Nc1ccncc1)c1cn(CC2CCOC2)nn1. The fraction of sp³-hybridized carbons (Fsp3) is 0.263. The Hall–Kier alpha value is -3.26. The molecule has 1 fully saturated rings. The van der Waals surface area contributed by atoms with Crippen molar-refractivity contribution in [2.75, 3.05) is 23.8 Å². The van der Waals surface area contributed by atoms with Gasteiger partial charge in [-0.05, 0) is 30.7 Å².